The van der Waals surface area contributed by atoms with Gasteiger partial charge in [-0.05, 0) is 138 Å². The highest BCUT2D eigenvalue weighted by atomic mass is 16.3. The van der Waals surface area contributed by atoms with Crippen molar-refractivity contribution in [1.29, 1.82) is 0 Å². The minimum absolute atomic E-state index is 0.0159. The van der Waals surface area contributed by atoms with E-state index in [-0.39, 0.29) is 27.4 Å². The molecule has 0 amide bonds. The van der Waals surface area contributed by atoms with Gasteiger partial charge in [-0.15, -0.1) is 0 Å². The standard InChI is InChI=1S/C62H63N3O/c1-59(2,3)45-23-21-40(22-24-45)44-35-50(42-20-16-19-41(33-42)49-34-43(39-17-14-13-15-18-39)36-51-53(62(10,11)12)31-32-63-56(49)51)57-54(37-44)65(48-28-25-46(26-29-48)60(4,5)6)58(64-57)52-38-47(61(7,8)9)27-30-55(52)66/h13-38,66H,1-12H3. The summed E-state index contributed by atoms with van der Waals surface area (Å²) in [6.45, 7) is 26.9. The van der Waals surface area contributed by atoms with Crippen LogP contribution in [0.15, 0.2) is 158 Å². The lowest BCUT2D eigenvalue weighted by atomic mass is 9.83. The fourth-order valence-electron chi connectivity index (χ4n) is 9.24. The maximum absolute atomic E-state index is 11.8. The zero-order chi connectivity index (χ0) is 46.9. The average molecular weight is 866 g/mol. The summed E-state index contributed by atoms with van der Waals surface area (Å²) in [5.41, 5.74) is 17.9. The van der Waals surface area contributed by atoms with Gasteiger partial charge in [0.1, 0.15) is 11.6 Å². The topological polar surface area (TPSA) is 50.9 Å². The first-order valence-corrected chi connectivity index (χ1v) is 23.4. The fourth-order valence-corrected chi connectivity index (χ4v) is 9.24. The van der Waals surface area contributed by atoms with Gasteiger partial charge in [-0.1, -0.05) is 174 Å². The number of aromatic hydroxyl groups is 1. The lowest BCUT2D eigenvalue weighted by Crippen LogP contribution is -2.12. The van der Waals surface area contributed by atoms with Crippen molar-refractivity contribution in [3.63, 3.8) is 0 Å². The number of benzene rings is 7. The summed E-state index contributed by atoms with van der Waals surface area (Å²) in [7, 11) is 0. The van der Waals surface area contributed by atoms with Crippen LogP contribution in [0.5, 0.6) is 5.75 Å². The molecule has 9 aromatic rings. The first-order chi connectivity index (χ1) is 31.1. The van der Waals surface area contributed by atoms with Crippen molar-refractivity contribution in [2.24, 2.45) is 0 Å². The van der Waals surface area contributed by atoms with E-state index in [1.54, 1.807) is 0 Å². The van der Waals surface area contributed by atoms with E-state index in [2.05, 4.69) is 227 Å². The summed E-state index contributed by atoms with van der Waals surface area (Å²) < 4.78 is 2.25. The molecule has 0 spiro atoms. The Morgan fingerprint density at radius 1 is 0.409 bits per heavy atom. The lowest BCUT2D eigenvalue weighted by molar-refractivity contribution is 0.475. The van der Waals surface area contributed by atoms with Gasteiger partial charge in [0.2, 0.25) is 0 Å². The number of rotatable bonds is 6. The molecule has 2 aromatic heterocycles. The highest BCUT2D eigenvalue weighted by Gasteiger charge is 2.26. The Morgan fingerprint density at radius 3 is 1.53 bits per heavy atom. The van der Waals surface area contributed by atoms with Crippen molar-refractivity contribution in [2.75, 3.05) is 0 Å². The molecule has 0 saturated heterocycles. The van der Waals surface area contributed by atoms with E-state index in [0.717, 1.165) is 72.1 Å². The molecule has 4 nitrogen and oxygen atoms in total. The van der Waals surface area contributed by atoms with Crippen LogP contribution in [0.25, 0.3) is 83.5 Å². The van der Waals surface area contributed by atoms with Crippen LogP contribution in [-0.4, -0.2) is 19.6 Å². The minimum Gasteiger partial charge on any atom is -0.507 e. The van der Waals surface area contributed by atoms with E-state index in [9.17, 15) is 5.11 Å². The van der Waals surface area contributed by atoms with Crippen LogP contribution in [0.4, 0.5) is 0 Å². The van der Waals surface area contributed by atoms with Crippen LogP contribution in [0.1, 0.15) is 105 Å². The molecule has 332 valence electrons. The molecule has 0 aliphatic rings. The first-order valence-electron chi connectivity index (χ1n) is 23.4. The average Bonchev–Trinajstić information content (AvgIpc) is 3.66. The van der Waals surface area contributed by atoms with E-state index < -0.39 is 0 Å². The molecule has 7 aromatic carbocycles. The smallest absolute Gasteiger partial charge is 0.149 e. The maximum Gasteiger partial charge on any atom is 0.149 e. The Hall–Kier alpha value is -6.78. The summed E-state index contributed by atoms with van der Waals surface area (Å²) in [5.74, 6) is 0.884. The Morgan fingerprint density at radius 2 is 0.939 bits per heavy atom. The molecule has 0 fully saturated rings. The van der Waals surface area contributed by atoms with Crippen molar-refractivity contribution >= 4 is 21.9 Å². The molecule has 0 bridgehead atoms. The van der Waals surface area contributed by atoms with Crippen LogP contribution < -0.4 is 0 Å². The number of phenols is 1. The highest BCUT2D eigenvalue weighted by molar-refractivity contribution is 6.03. The molecule has 1 N–H and O–H groups in total. The highest BCUT2D eigenvalue weighted by Crippen LogP contribution is 2.44. The van der Waals surface area contributed by atoms with Crippen molar-refractivity contribution < 1.29 is 5.11 Å². The van der Waals surface area contributed by atoms with E-state index in [1.807, 2.05) is 18.3 Å². The van der Waals surface area contributed by atoms with Crippen LogP contribution in [0.3, 0.4) is 0 Å². The summed E-state index contributed by atoms with van der Waals surface area (Å²) in [5, 5.41) is 12.9. The van der Waals surface area contributed by atoms with Gasteiger partial charge in [0.25, 0.3) is 0 Å². The van der Waals surface area contributed by atoms with Gasteiger partial charge in [0.05, 0.1) is 22.1 Å². The molecular formula is C62H63N3O. The zero-order valence-electron chi connectivity index (χ0n) is 40.8. The monoisotopic (exact) mass is 865 g/mol. The molecule has 0 unspecified atom stereocenters. The van der Waals surface area contributed by atoms with Crippen LogP contribution in [-0.2, 0) is 21.7 Å². The van der Waals surface area contributed by atoms with Crippen molar-refractivity contribution in [3.8, 4) is 67.3 Å². The third-order valence-corrected chi connectivity index (χ3v) is 13.2. The van der Waals surface area contributed by atoms with Crippen LogP contribution in [0, 0.1) is 0 Å². The van der Waals surface area contributed by atoms with Crippen LogP contribution >= 0.6 is 0 Å². The first kappa shape index (κ1) is 44.4. The summed E-state index contributed by atoms with van der Waals surface area (Å²) in [6.07, 6.45) is 1.96. The lowest BCUT2D eigenvalue weighted by Gasteiger charge is -2.22. The third-order valence-electron chi connectivity index (χ3n) is 13.2. The van der Waals surface area contributed by atoms with Gasteiger partial charge in [0.15, 0.2) is 0 Å². The maximum atomic E-state index is 11.8. The summed E-state index contributed by atoms with van der Waals surface area (Å²) in [6, 6.07) is 54.7. The van der Waals surface area contributed by atoms with Gasteiger partial charge in [-0.25, -0.2) is 4.98 Å². The summed E-state index contributed by atoms with van der Waals surface area (Å²) in [4.78, 5) is 10.7. The van der Waals surface area contributed by atoms with Crippen molar-refractivity contribution in [3.05, 3.63) is 180 Å². The zero-order valence-corrected chi connectivity index (χ0v) is 40.8. The predicted molar refractivity (Wildman–Crippen MR) is 280 cm³/mol. The Balaban J connectivity index is 1.35. The van der Waals surface area contributed by atoms with E-state index in [1.165, 1.54) is 22.3 Å². The molecular weight excluding hydrogens is 803 g/mol. The number of phenolic OH excluding ortho intramolecular Hbond substituents is 1. The molecule has 0 atom stereocenters. The Kier molecular flexibility index (Phi) is 11.0. The number of nitrogens with zero attached hydrogens (tertiary/aromatic N) is 3. The van der Waals surface area contributed by atoms with Gasteiger partial charge >= 0.3 is 0 Å². The van der Waals surface area contributed by atoms with Gasteiger partial charge < -0.3 is 5.11 Å². The second kappa shape index (κ2) is 16.3. The van der Waals surface area contributed by atoms with Gasteiger partial charge in [0, 0.05) is 28.4 Å². The molecule has 0 saturated carbocycles. The number of pyridine rings is 1. The molecule has 66 heavy (non-hydrogen) atoms. The Bertz CT molecular complexity index is 3250. The largest absolute Gasteiger partial charge is 0.507 e. The van der Waals surface area contributed by atoms with E-state index >= 15 is 0 Å². The van der Waals surface area contributed by atoms with Crippen molar-refractivity contribution in [1.82, 2.24) is 14.5 Å². The second-order valence-corrected chi connectivity index (χ2v) is 22.2. The fraction of sp³-hybridized carbons (Fsp3) is 0.258. The Labute approximate surface area is 392 Å². The number of hydrogen-bond donors (Lipinski definition) is 1. The molecule has 2 heterocycles. The van der Waals surface area contributed by atoms with Crippen LogP contribution in [0.2, 0.25) is 0 Å². The number of hydrogen-bond acceptors (Lipinski definition) is 3. The second-order valence-electron chi connectivity index (χ2n) is 22.2. The third kappa shape index (κ3) is 8.46. The number of fused-ring (bicyclic) bond motifs is 2. The normalized spacial score (nSPS) is 12.6. The number of aromatic nitrogens is 3. The van der Waals surface area contributed by atoms with E-state index in [4.69, 9.17) is 9.97 Å². The van der Waals surface area contributed by atoms with E-state index in [0.29, 0.717) is 11.4 Å². The van der Waals surface area contributed by atoms with Gasteiger partial charge in [-0.2, -0.15) is 0 Å². The molecule has 0 aliphatic heterocycles. The van der Waals surface area contributed by atoms with Crippen molar-refractivity contribution in [2.45, 2.75) is 105 Å². The minimum atomic E-state index is -0.143. The summed E-state index contributed by atoms with van der Waals surface area (Å²) >= 11 is 0. The van der Waals surface area contributed by atoms with Gasteiger partial charge in [-0.3, -0.25) is 9.55 Å². The quantitative estimate of drug-likeness (QED) is 0.181. The molecule has 9 rings (SSSR count). The number of imidazole rings is 1. The SMILES string of the molecule is CC(C)(C)c1ccc(-c2cc(-c3cccc(-c4cc(-c5ccccc5)cc5c(C(C)(C)C)ccnc45)c3)c3nc(-c4cc(C(C)(C)C)ccc4O)n(-c4ccc(C(C)(C)C)cc4)c3c2)cc1. The molecule has 0 aliphatic carbocycles. The molecule has 0 radical (unpaired) electrons. The predicted octanol–water partition coefficient (Wildman–Crippen LogP) is 16.8. The molecule has 4 heteroatoms.